The van der Waals surface area contributed by atoms with Crippen molar-refractivity contribution < 1.29 is 9.53 Å². The number of fused-ring (bicyclic) bond motifs is 1. The van der Waals surface area contributed by atoms with E-state index < -0.39 is 0 Å². The van der Waals surface area contributed by atoms with Crippen LogP contribution in [0.2, 0.25) is 0 Å². The largest absolute Gasteiger partial charge is 0.459 e. The molecule has 3 heteroatoms. The van der Waals surface area contributed by atoms with Crippen LogP contribution in [0.25, 0.3) is 10.9 Å². The Morgan fingerprint density at radius 1 is 1.31 bits per heavy atom. The zero-order valence-corrected chi connectivity index (χ0v) is 9.73. The molecule has 0 spiro atoms. The molecule has 0 N–H and O–H groups in total. The van der Waals surface area contributed by atoms with Crippen LogP contribution in [0.4, 0.5) is 0 Å². The second kappa shape index (κ2) is 4.00. The molecule has 0 bridgehead atoms. The van der Waals surface area contributed by atoms with Gasteiger partial charge in [0.25, 0.3) is 0 Å². The van der Waals surface area contributed by atoms with E-state index in [1.807, 2.05) is 49.9 Å². The van der Waals surface area contributed by atoms with Gasteiger partial charge in [0, 0.05) is 18.8 Å². The summed E-state index contributed by atoms with van der Waals surface area (Å²) in [5.41, 5.74) is 1.64. The number of aryl methyl sites for hydroxylation is 1. The Kier molecular flexibility index (Phi) is 2.69. The Morgan fingerprint density at radius 3 is 2.75 bits per heavy atom. The summed E-state index contributed by atoms with van der Waals surface area (Å²) >= 11 is 0. The van der Waals surface area contributed by atoms with E-state index in [4.69, 9.17) is 4.74 Å². The molecule has 0 unspecified atom stereocenters. The van der Waals surface area contributed by atoms with Crippen molar-refractivity contribution in [2.75, 3.05) is 0 Å². The van der Waals surface area contributed by atoms with Crippen molar-refractivity contribution in [1.82, 2.24) is 4.57 Å². The average molecular weight is 217 g/mol. The lowest BCUT2D eigenvalue weighted by atomic mass is 10.1. The van der Waals surface area contributed by atoms with Gasteiger partial charge < -0.3 is 9.30 Å². The zero-order valence-electron chi connectivity index (χ0n) is 9.73. The quantitative estimate of drug-likeness (QED) is 0.724. The van der Waals surface area contributed by atoms with Gasteiger partial charge in [-0.15, -0.1) is 0 Å². The number of aromatic nitrogens is 1. The minimum absolute atomic E-state index is 0.0865. The summed E-state index contributed by atoms with van der Waals surface area (Å²) < 4.78 is 7.14. The van der Waals surface area contributed by atoms with Gasteiger partial charge in [-0.3, -0.25) is 0 Å². The second-order valence-electron chi connectivity index (χ2n) is 4.15. The van der Waals surface area contributed by atoms with Gasteiger partial charge in [0.15, 0.2) is 0 Å². The topological polar surface area (TPSA) is 31.2 Å². The summed E-state index contributed by atoms with van der Waals surface area (Å²) in [5, 5.41) is 1.13. The highest BCUT2D eigenvalue weighted by atomic mass is 16.5. The molecule has 0 atom stereocenters. The van der Waals surface area contributed by atoms with E-state index in [2.05, 4.69) is 0 Å². The van der Waals surface area contributed by atoms with Crippen molar-refractivity contribution in [1.29, 1.82) is 0 Å². The van der Waals surface area contributed by atoms with E-state index >= 15 is 0 Å². The fraction of sp³-hybridized carbons (Fsp3) is 0.308. The normalized spacial score (nSPS) is 11.0. The molecule has 84 valence electrons. The highest BCUT2D eigenvalue weighted by molar-refractivity contribution is 5.94. The third-order valence-electron chi connectivity index (χ3n) is 2.47. The summed E-state index contributed by atoms with van der Waals surface area (Å²) in [6.45, 7) is 3.69. The maximum atomic E-state index is 11.7. The zero-order chi connectivity index (χ0) is 11.7. The molecule has 0 saturated carbocycles. The number of nitrogens with zero attached hydrogens (tertiary/aromatic N) is 1. The lowest BCUT2D eigenvalue weighted by molar-refractivity contribution is 0.0378. The Morgan fingerprint density at radius 2 is 2.06 bits per heavy atom. The van der Waals surface area contributed by atoms with E-state index in [-0.39, 0.29) is 12.1 Å². The summed E-state index contributed by atoms with van der Waals surface area (Å²) in [4.78, 5) is 11.7. The highest BCUT2D eigenvalue weighted by Gasteiger charge is 2.10. The van der Waals surface area contributed by atoms with Gasteiger partial charge in [-0.25, -0.2) is 4.79 Å². The molecule has 2 aromatic rings. The van der Waals surface area contributed by atoms with Crippen LogP contribution >= 0.6 is 0 Å². The van der Waals surface area contributed by atoms with Crippen LogP contribution in [0, 0.1) is 0 Å². The molecule has 0 amide bonds. The van der Waals surface area contributed by atoms with Gasteiger partial charge in [-0.1, -0.05) is 6.07 Å². The summed E-state index contributed by atoms with van der Waals surface area (Å²) in [6.07, 6.45) is 1.89. The molecule has 16 heavy (non-hydrogen) atoms. The van der Waals surface area contributed by atoms with E-state index in [0.717, 1.165) is 10.9 Å². The molecule has 1 heterocycles. The molecule has 3 nitrogen and oxygen atoms in total. The van der Waals surface area contributed by atoms with Crippen molar-refractivity contribution in [2.24, 2.45) is 7.05 Å². The van der Waals surface area contributed by atoms with Crippen LogP contribution in [-0.2, 0) is 11.8 Å². The molecule has 1 aromatic heterocycles. The third kappa shape index (κ3) is 1.94. The predicted octanol–water partition coefficient (Wildman–Crippen LogP) is 2.74. The van der Waals surface area contributed by atoms with E-state index in [0.29, 0.717) is 5.56 Å². The SMILES string of the molecule is CC(C)OC(=O)c1ccc2ccn(C)c2c1. The maximum Gasteiger partial charge on any atom is 0.338 e. The molecular weight excluding hydrogens is 202 g/mol. The number of hydrogen-bond acceptors (Lipinski definition) is 2. The first-order chi connectivity index (χ1) is 7.58. The van der Waals surface area contributed by atoms with Gasteiger partial charge in [0.1, 0.15) is 0 Å². The lowest BCUT2D eigenvalue weighted by Crippen LogP contribution is -2.11. The van der Waals surface area contributed by atoms with Crippen molar-refractivity contribution in [3.8, 4) is 0 Å². The first-order valence-corrected chi connectivity index (χ1v) is 5.34. The van der Waals surface area contributed by atoms with Gasteiger partial charge in [0.2, 0.25) is 0 Å². The summed E-state index contributed by atoms with van der Waals surface area (Å²) in [7, 11) is 1.96. The third-order valence-corrected chi connectivity index (χ3v) is 2.47. The minimum atomic E-state index is -0.266. The second-order valence-corrected chi connectivity index (χ2v) is 4.15. The highest BCUT2D eigenvalue weighted by Crippen LogP contribution is 2.17. The Labute approximate surface area is 94.6 Å². The van der Waals surface area contributed by atoms with Crippen LogP contribution in [0.1, 0.15) is 24.2 Å². The van der Waals surface area contributed by atoms with Crippen LogP contribution in [0.5, 0.6) is 0 Å². The van der Waals surface area contributed by atoms with Gasteiger partial charge >= 0.3 is 5.97 Å². The van der Waals surface area contributed by atoms with E-state index in [9.17, 15) is 4.79 Å². The molecule has 1 aromatic carbocycles. The summed E-state index contributed by atoms with van der Waals surface area (Å²) in [5.74, 6) is -0.266. The van der Waals surface area contributed by atoms with Crippen LogP contribution in [-0.4, -0.2) is 16.6 Å². The fourth-order valence-corrected chi connectivity index (χ4v) is 1.67. The standard InChI is InChI=1S/C13H15NO2/c1-9(2)16-13(15)11-5-4-10-6-7-14(3)12(10)8-11/h4-9H,1-3H3. The number of rotatable bonds is 2. The van der Waals surface area contributed by atoms with Gasteiger partial charge in [-0.2, -0.15) is 0 Å². The van der Waals surface area contributed by atoms with Crippen LogP contribution in [0.3, 0.4) is 0 Å². The van der Waals surface area contributed by atoms with Crippen molar-refractivity contribution in [2.45, 2.75) is 20.0 Å². The number of esters is 1. The molecule has 0 saturated heterocycles. The van der Waals surface area contributed by atoms with Crippen molar-refractivity contribution in [3.63, 3.8) is 0 Å². The average Bonchev–Trinajstić information content (AvgIpc) is 2.59. The first kappa shape index (κ1) is 10.7. The number of ether oxygens (including phenoxy) is 1. The monoisotopic (exact) mass is 217 g/mol. The smallest absolute Gasteiger partial charge is 0.338 e. The predicted molar refractivity (Wildman–Crippen MR) is 63.5 cm³/mol. The Bertz CT molecular complexity index is 526. The Balaban J connectivity index is 2.38. The molecule has 0 aliphatic rings. The maximum absolute atomic E-state index is 11.7. The van der Waals surface area contributed by atoms with Crippen LogP contribution in [0.15, 0.2) is 30.5 Å². The number of hydrogen-bond donors (Lipinski definition) is 0. The van der Waals surface area contributed by atoms with Crippen molar-refractivity contribution in [3.05, 3.63) is 36.0 Å². The molecule has 0 radical (unpaired) electrons. The summed E-state index contributed by atoms with van der Waals surface area (Å²) in [6, 6.07) is 7.62. The molecular formula is C13H15NO2. The fourth-order valence-electron chi connectivity index (χ4n) is 1.67. The molecule has 0 aliphatic carbocycles. The number of carbonyl (C=O) groups excluding carboxylic acids is 1. The van der Waals surface area contributed by atoms with Crippen molar-refractivity contribution >= 4 is 16.9 Å². The minimum Gasteiger partial charge on any atom is -0.459 e. The lowest BCUT2D eigenvalue weighted by Gasteiger charge is -2.08. The van der Waals surface area contributed by atoms with Crippen LogP contribution < -0.4 is 0 Å². The molecule has 2 rings (SSSR count). The first-order valence-electron chi connectivity index (χ1n) is 5.34. The van der Waals surface area contributed by atoms with E-state index in [1.54, 1.807) is 6.07 Å². The number of benzene rings is 1. The molecule has 0 aliphatic heterocycles. The van der Waals surface area contributed by atoms with Gasteiger partial charge in [-0.05, 0) is 37.4 Å². The number of carbonyl (C=O) groups is 1. The molecule has 0 fully saturated rings. The van der Waals surface area contributed by atoms with E-state index in [1.165, 1.54) is 0 Å². The Hall–Kier alpha value is -1.77. The van der Waals surface area contributed by atoms with Gasteiger partial charge in [0.05, 0.1) is 11.7 Å².